The van der Waals surface area contributed by atoms with Gasteiger partial charge in [-0.25, -0.2) is 0 Å². The van der Waals surface area contributed by atoms with Crippen LogP contribution in [0, 0.1) is 17.8 Å². The van der Waals surface area contributed by atoms with Gasteiger partial charge in [0.2, 0.25) is 5.91 Å². The molecule has 2 aliphatic carbocycles. The molecule has 0 heterocycles. The van der Waals surface area contributed by atoms with Crippen molar-refractivity contribution in [2.24, 2.45) is 17.8 Å². The van der Waals surface area contributed by atoms with Gasteiger partial charge in [0.05, 0.1) is 6.61 Å². The highest BCUT2D eigenvalue weighted by atomic mass is 16.5. The zero-order chi connectivity index (χ0) is 15.2. The molecule has 0 aliphatic heterocycles. The molecule has 2 aliphatic rings. The Kier molecular flexibility index (Phi) is 5.36. The highest BCUT2D eigenvalue weighted by Gasteiger charge is 2.38. The van der Waals surface area contributed by atoms with Gasteiger partial charge in [-0.2, -0.15) is 0 Å². The molecule has 22 heavy (non-hydrogen) atoms. The number of rotatable bonds is 7. The fourth-order valence-corrected chi connectivity index (χ4v) is 4.21. The Morgan fingerprint density at radius 3 is 2.86 bits per heavy atom. The molecule has 2 fully saturated rings. The van der Waals surface area contributed by atoms with Crippen molar-refractivity contribution in [3.63, 3.8) is 0 Å². The van der Waals surface area contributed by atoms with Crippen molar-refractivity contribution in [3.05, 3.63) is 30.3 Å². The van der Waals surface area contributed by atoms with Crippen molar-refractivity contribution in [1.29, 1.82) is 0 Å². The summed E-state index contributed by atoms with van der Waals surface area (Å²) < 4.78 is 5.61. The van der Waals surface area contributed by atoms with E-state index < -0.39 is 0 Å². The van der Waals surface area contributed by atoms with Crippen LogP contribution in [0.15, 0.2) is 30.3 Å². The van der Waals surface area contributed by atoms with Crippen LogP contribution in [-0.4, -0.2) is 19.1 Å². The van der Waals surface area contributed by atoms with E-state index in [9.17, 15) is 4.79 Å². The van der Waals surface area contributed by atoms with E-state index in [1.54, 1.807) is 0 Å². The van der Waals surface area contributed by atoms with Crippen LogP contribution in [0.25, 0.3) is 0 Å². The number of benzene rings is 1. The lowest BCUT2D eigenvalue weighted by Gasteiger charge is -2.18. The van der Waals surface area contributed by atoms with Crippen molar-refractivity contribution in [2.75, 3.05) is 13.2 Å². The number of carbonyl (C=O) groups excluding carboxylic acids is 1. The van der Waals surface area contributed by atoms with Crippen LogP contribution >= 0.6 is 0 Å². The number of ether oxygens (including phenoxy) is 1. The van der Waals surface area contributed by atoms with E-state index in [1.165, 1.54) is 32.1 Å². The summed E-state index contributed by atoms with van der Waals surface area (Å²) in [5.74, 6) is 3.64. The van der Waals surface area contributed by atoms with Crippen molar-refractivity contribution >= 4 is 5.91 Å². The quantitative estimate of drug-likeness (QED) is 0.778. The van der Waals surface area contributed by atoms with Crippen LogP contribution in [-0.2, 0) is 4.79 Å². The first-order valence-corrected chi connectivity index (χ1v) is 8.77. The molecule has 2 saturated carbocycles. The predicted molar refractivity (Wildman–Crippen MR) is 87.7 cm³/mol. The van der Waals surface area contributed by atoms with Crippen LogP contribution in [0.1, 0.15) is 44.9 Å². The number of hydrogen-bond acceptors (Lipinski definition) is 2. The Morgan fingerprint density at radius 2 is 2.00 bits per heavy atom. The van der Waals surface area contributed by atoms with Gasteiger partial charge in [0.25, 0.3) is 0 Å². The second-order valence-electron chi connectivity index (χ2n) is 6.76. The first-order chi connectivity index (χ1) is 10.8. The zero-order valence-electron chi connectivity index (χ0n) is 13.3. The van der Waals surface area contributed by atoms with Gasteiger partial charge in [-0.15, -0.1) is 0 Å². The van der Waals surface area contributed by atoms with E-state index in [0.717, 1.165) is 36.5 Å². The summed E-state index contributed by atoms with van der Waals surface area (Å²) in [4.78, 5) is 11.9. The second kappa shape index (κ2) is 7.66. The number of hydrogen-bond donors (Lipinski definition) is 1. The molecule has 3 atom stereocenters. The average Bonchev–Trinajstić information content (AvgIpc) is 3.14. The Bertz CT molecular complexity index is 474. The van der Waals surface area contributed by atoms with E-state index in [1.807, 2.05) is 30.3 Å². The fraction of sp³-hybridized carbons (Fsp3) is 0.632. The molecule has 120 valence electrons. The molecule has 1 aromatic carbocycles. The average molecular weight is 301 g/mol. The van der Waals surface area contributed by atoms with E-state index >= 15 is 0 Å². The molecule has 3 nitrogen and oxygen atoms in total. The highest BCUT2D eigenvalue weighted by Crippen LogP contribution is 2.47. The number of para-hydroxylation sites is 1. The monoisotopic (exact) mass is 301 g/mol. The van der Waals surface area contributed by atoms with Crippen LogP contribution in [0.4, 0.5) is 0 Å². The lowest BCUT2D eigenvalue weighted by atomic mass is 9.92. The van der Waals surface area contributed by atoms with Gasteiger partial charge in [0, 0.05) is 13.0 Å². The van der Waals surface area contributed by atoms with Gasteiger partial charge >= 0.3 is 0 Å². The van der Waals surface area contributed by atoms with Gasteiger partial charge in [-0.05, 0) is 55.6 Å². The molecule has 0 radical (unpaired) electrons. The van der Waals surface area contributed by atoms with Crippen molar-refractivity contribution in [3.8, 4) is 5.75 Å². The molecule has 1 amide bonds. The second-order valence-corrected chi connectivity index (χ2v) is 6.76. The lowest BCUT2D eigenvalue weighted by molar-refractivity contribution is -0.121. The molecule has 0 unspecified atom stereocenters. The van der Waals surface area contributed by atoms with E-state index in [0.29, 0.717) is 13.0 Å². The predicted octanol–water partition coefficient (Wildman–Crippen LogP) is 3.79. The summed E-state index contributed by atoms with van der Waals surface area (Å²) in [7, 11) is 0. The molecule has 3 heteroatoms. The highest BCUT2D eigenvalue weighted by molar-refractivity contribution is 5.75. The van der Waals surface area contributed by atoms with Crippen molar-refractivity contribution in [2.45, 2.75) is 44.9 Å². The number of nitrogens with one attached hydrogen (secondary N) is 1. The van der Waals surface area contributed by atoms with Gasteiger partial charge < -0.3 is 10.1 Å². The Labute approximate surface area is 133 Å². The zero-order valence-corrected chi connectivity index (χ0v) is 13.3. The van der Waals surface area contributed by atoms with Crippen LogP contribution < -0.4 is 10.1 Å². The molecular formula is C19H27NO2. The van der Waals surface area contributed by atoms with E-state index in [4.69, 9.17) is 4.74 Å². The molecule has 0 bridgehead atoms. The maximum absolute atomic E-state index is 11.9. The van der Waals surface area contributed by atoms with E-state index in [-0.39, 0.29) is 5.91 Å². The van der Waals surface area contributed by atoms with Crippen molar-refractivity contribution < 1.29 is 9.53 Å². The Morgan fingerprint density at radius 1 is 1.14 bits per heavy atom. The molecule has 0 spiro atoms. The molecular weight excluding hydrogens is 274 g/mol. The van der Waals surface area contributed by atoms with Crippen LogP contribution in [0.2, 0.25) is 0 Å². The fourth-order valence-electron chi connectivity index (χ4n) is 4.21. The summed E-state index contributed by atoms with van der Waals surface area (Å²) in [5.41, 5.74) is 0. The summed E-state index contributed by atoms with van der Waals surface area (Å²) in [6.07, 6.45) is 8.24. The number of carbonyl (C=O) groups is 1. The molecule has 1 aromatic rings. The Hall–Kier alpha value is -1.51. The summed E-state index contributed by atoms with van der Waals surface area (Å²) in [5, 5.41) is 3.14. The first kappa shape index (κ1) is 15.4. The first-order valence-electron chi connectivity index (χ1n) is 8.77. The maximum atomic E-state index is 11.9. The third-order valence-corrected chi connectivity index (χ3v) is 5.35. The minimum absolute atomic E-state index is 0.179. The minimum atomic E-state index is 0.179. The molecule has 3 rings (SSSR count). The number of amides is 1. The summed E-state index contributed by atoms with van der Waals surface area (Å²) in [6, 6.07) is 9.77. The standard InChI is InChI=1S/C19H27NO2/c21-19(10-5-13-22-17-7-2-1-3-8-17)20-14-16-12-11-15-6-4-9-18(15)16/h1-3,7-8,15-16,18H,4-6,9-14H2,(H,20,21)/t15-,16+,18-/m0/s1. The summed E-state index contributed by atoms with van der Waals surface area (Å²) in [6.45, 7) is 1.49. The third kappa shape index (κ3) is 4.02. The smallest absolute Gasteiger partial charge is 0.220 e. The van der Waals surface area contributed by atoms with E-state index in [2.05, 4.69) is 5.32 Å². The Balaban J connectivity index is 1.28. The molecule has 0 saturated heterocycles. The van der Waals surface area contributed by atoms with Crippen LogP contribution in [0.5, 0.6) is 5.75 Å². The maximum Gasteiger partial charge on any atom is 0.220 e. The molecule has 1 N–H and O–H groups in total. The van der Waals surface area contributed by atoms with Crippen molar-refractivity contribution in [1.82, 2.24) is 5.32 Å². The van der Waals surface area contributed by atoms with Crippen LogP contribution in [0.3, 0.4) is 0 Å². The van der Waals surface area contributed by atoms with Gasteiger partial charge in [0.15, 0.2) is 0 Å². The van der Waals surface area contributed by atoms with Gasteiger partial charge in [-0.1, -0.05) is 31.0 Å². The minimum Gasteiger partial charge on any atom is -0.494 e. The molecule has 0 aromatic heterocycles. The number of fused-ring (bicyclic) bond motifs is 1. The van der Waals surface area contributed by atoms with Gasteiger partial charge in [-0.3, -0.25) is 4.79 Å². The topological polar surface area (TPSA) is 38.3 Å². The lowest BCUT2D eigenvalue weighted by Crippen LogP contribution is -2.31. The SMILES string of the molecule is O=C(CCCOc1ccccc1)NC[C@H]1CC[C@@H]2CCC[C@@H]21. The third-order valence-electron chi connectivity index (χ3n) is 5.35. The normalized spacial score (nSPS) is 26.6. The summed E-state index contributed by atoms with van der Waals surface area (Å²) >= 11 is 0. The van der Waals surface area contributed by atoms with Gasteiger partial charge in [0.1, 0.15) is 5.75 Å². The largest absolute Gasteiger partial charge is 0.494 e.